The van der Waals surface area contributed by atoms with Crippen molar-refractivity contribution < 1.29 is 0 Å². The molecule has 21 heavy (non-hydrogen) atoms. The zero-order valence-electron chi connectivity index (χ0n) is 12.9. The summed E-state index contributed by atoms with van der Waals surface area (Å²) in [5.41, 5.74) is 5.31. The Bertz CT molecular complexity index is 693. The fraction of sp³-hybridized carbons (Fsp3) is 0.200. The fourth-order valence-electron chi connectivity index (χ4n) is 3.12. The largest absolute Gasteiger partial charge is 0.347 e. The van der Waals surface area contributed by atoms with Crippen LogP contribution in [0.15, 0.2) is 72.4 Å². The Labute approximate surface area is 127 Å². The van der Waals surface area contributed by atoms with Gasteiger partial charge in [-0.2, -0.15) is 0 Å². The van der Waals surface area contributed by atoms with Gasteiger partial charge >= 0.3 is 0 Å². The second-order valence-corrected chi connectivity index (χ2v) is 6.02. The van der Waals surface area contributed by atoms with Gasteiger partial charge < -0.3 is 4.90 Å². The highest BCUT2D eigenvalue weighted by atomic mass is 15.2. The van der Waals surface area contributed by atoms with Crippen LogP contribution in [0.3, 0.4) is 0 Å². The summed E-state index contributed by atoms with van der Waals surface area (Å²) in [4.78, 5) is 2.30. The molecule has 0 atom stereocenters. The van der Waals surface area contributed by atoms with Crippen LogP contribution in [0.4, 0.5) is 5.69 Å². The maximum Gasteiger partial charge on any atom is 0.0447 e. The molecule has 3 rings (SSSR count). The summed E-state index contributed by atoms with van der Waals surface area (Å²) >= 11 is 0. The monoisotopic (exact) mass is 275 g/mol. The van der Waals surface area contributed by atoms with E-state index in [4.69, 9.17) is 0 Å². The van der Waals surface area contributed by atoms with Gasteiger partial charge in [-0.25, -0.2) is 0 Å². The number of rotatable bonds is 2. The van der Waals surface area contributed by atoms with E-state index in [1.54, 1.807) is 0 Å². The van der Waals surface area contributed by atoms with Crippen molar-refractivity contribution in [3.05, 3.63) is 83.6 Å². The third-order valence-corrected chi connectivity index (χ3v) is 4.28. The van der Waals surface area contributed by atoms with Crippen molar-refractivity contribution in [3.8, 4) is 0 Å². The van der Waals surface area contributed by atoms with E-state index in [1.807, 2.05) is 6.07 Å². The van der Waals surface area contributed by atoms with Crippen LogP contribution < -0.4 is 4.90 Å². The molecule has 106 valence electrons. The normalized spacial score (nSPS) is 18.4. The quantitative estimate of drug-likeness (QED) is 0.744. The minimum absolute atomic E-state index is 0.0480. The number of para-hydroxylation sites is 1. The minimum atomic E-state index is 0.0480. The topological polar surface area (TPSA) is 3.24 Å². The predicted octanol–water partition coefficient (Wildman–Crippen LogP) is 5.01. The Hall–Kier alpha value is -2.28. The van der Waals surface area contributed by atoms with Crippen molar-refractivity contribution in [3.63, 3.8) is 0 Å². The van der Waals surface area contributed by atoms with Crippen molar-refractivity contribution in [2.24, 2.45) is 0 Å². The van der Waals surface area contributed by atoms with E-state index in [-0.39, 0.29) is 5.41 Å². The highest BCUT2D eigenvalue weighted by molar-refractivity contribution is 5.70. The Morgan fingerprint density at radius 2 is 1.57 bits per heavy atom. The molecule has 0 spiro atoms. The van der Waals surface area contributed by atoms with Gasteiger partial charge in [0, 0.05) is 23.8 Å². The Balaban J connectivity index is 1.93. The maximum atomic E-state index is 2.30. The highest BCUT2D eigenvalue weighted by Gasteiger charge is 2.37. The molecule has 0 aromatic heterocycles. The van der Waals surface area contributed by atoms with Gasteiger partial charge in [0.1, 0.15) is 0 Å². The molecule has 1 nitrogen and oxygen atoms in total. The molecule has 1 heterocycles. The Morgan fingerprint density at radius 3 is 2.29 bits per heavy atom. The summed E-state index contributed by atoms with van der Waals surface area (Å²) in [6, 6.07) is 19.1. The Morgan fingerprint density at radius 1 is 0.905 bits per heavy atom. The van der Waals surface area contributed by atoms with Crippen molar-refractivity contribution in [2.45, 2.75) is 19.3 Å². The highest BCUT2D eigenvalue weighted by Crippen LogP contribution is 2.46. The summed E-state index contributed by atoms with van der Waals surface area (Å²) in [5.74, 6) is 0. The molecule has 0 saturated carbocycles. The third-order valence-electron chi connectivity index (χ3n) is 4.28. The van der Waals surface area contributed by atoms with E-state index in [0.717, 1.165) is 0 Å². The van der Waals surface area contributed by atoms with Crippen LogP contribution in [0.2, 0.25) is 0 Å². The summed E-state index contributed by atoms with van der Waals surface area (Å²) in [7, 11) is 2.15. The molecule has 0 unspecified atom stereocenters. The number of anilines is 1. The molecule has 0 N–H and O–H groups in total. The molecule has 0 amide bonds. The minimum Gasteiger partial charge on any atom is -0.347 e. The zero-order chi connectivity index (χ0) is 14.9. The van der Waals surface area contributed by atoms with Gasteiger partial charge in [-0.15, -0.1) is 0 Å². The van der Waals surface area contributed by atoms with E-state index >= 15 is 0 Å². The lowest BCUT2D eigenvalue weighted by atomic mass is 9.84. The third kappa shape index (κ3) is 2.40. The second kappa shape index (κ2) is 5.25. The van der Waals surface area contributed by atoms with Crippen LogP contribution in [0.1, 0.15) is 25.0 Å². The van der Waals surface area contributed by atoms with Gasteiger partial charge in [0.05, 0.1) is 0 Å². The first-order valence-corrected chi connectivity index (χ1v) is 7.38. The molecule has 0 fully saturated rings. The molecule has 1 aliphatic rings. The van der Waals surface area contributed by atoms with Crippen LogP contribution >= 0.6 is 0 Å². The first-order chi connectivity index (χ1) is 10.1. The molecule has 1 aliphatic heterocycles. The SMILES string of the molecule is CN1/C(=C/C=C\c2ccccc2)C(C)(C)c2ccccc21. The van der Waals surface area contributed by atoms with Gasteiger partial charge in [0.2, 0.25) is 0 Å². The standard InChI is InChI=1S/C20H21N/c1-20(2)17-13-7-8-14-18(17)21(3)19(20)15-9-12-16-10-5-4-6-11-16/h4-15H,1-3H3/b12-9-,19-15+. The number of nitrogens with zero attached hydrogens (tertiary/aromatic N) is 1. The van der Waals surface area contributed by atoms with Crippen LogP contribution in [-0.4, -0.2) is 7.05 Å². The van der Waals surface area contributed by atoms with Gasteiger partial charge in [0.15, 0.2) is 0 Å². The molecule has 0 radical (unpaired) electrons. The lowest BCUT2D eigenvalue weighted by Crippen LogP contribution is -2.22. The molecular weight excluding hydrogens is 254 g/mol. The van der Waals surface area contributed by atoms with Gasteiger partial charge in [-0.05, 0) is 23.3 Å². The number of hydrogen-bond donors (Lipinski definition) is 0. The van der Waals surface area contributed by atoms with E-state index in [0.29, 0.717) is 0 Å². The van der Waals surface area contributed by atoms with E-state index in [1.165, 1.54) is 22.5 Å². The smallest absolute Gasteiger partial charge is 0.0447 e. The fourth-order valence-corrected chi connectivity index (χ4v) is 3.12. The maximum absolute atomic E-state index is 2.30. The van der Waals surface area contributed by atoms with Crippen molar-refractivity contribution in [2.75, 3.05) is 11.9 Å². The summed E-state index contributed by atoms with van der Waals surface area (Å²) in [6.45, 7) is 4.58. The van der Waals surface area contributed by atoms with Crippen molar-refractivity contribution in [1.82, 2.24) is 0 Å². The average molecular weight is 275 g/mol. The zero-order valence-corrected chi connectivity index (χ0v) is 12.9. The van der Waals surface area contributed by atoms with Crippen molar-refractivity contribution >= 4 is 11.8 Å². The number of likely N-dealkylation sites (N-methyl/N-ethyl adjacent to an activating group) is 1. The molecule has 0 aliphatic carbocycles. The molecular formula is C20H21N. The van der Waals surface area contributed by atoms with Crippen LogP contribution in [-0.2, 0) is 5.41 Å². The lowest BCUT2D eigenvalue weighted by molar-refractivity contribution is 0.640. The number of hydrogen-bond acceptors (Lipinski definition) is 1. The van der Waals surface area contributed by atoms with Crippen LogP contribution in [0, 0.1) is 0 Å². The summed E-state index contributed by atoms with van der Waals surface area (Å²) in [5, 5.41) is 0. The van der Waals surface area contributed by atoms with Crippen molar-refractivity contribution in [1.29, 1.82) is 0 Å². The molecule has 1 heteroatoms. The Kier molecular flexibility index (Phi) is 3.42. The van der Waals surface area contributed by atoms with E-state index in [9.17, 15) is 0 Å². The van der Waals surface area contributed by atoms with Crippen LogP contribution in [0.25, 0.3) is 6.08 Å². The molecule has 0 saturated heterocycles. The molecule has 2 aromatic carbocycles. The van der Waals surface area contributed by atoms with Crippen LogP contribution in [0.5, 0.6) is 0 Å². The first kappa shape index (κ1) is 13.7. The van der Waals surface area contributed by atoms with Gasteiger partial charge in [-0.3, -0.25) is 0 Å². The first-order valence-electron chi connectivity index (χ1n) is 7.38. The van der Waals surface area contributed by atoms with Gasteiger partial charge in [0.25, 0.3) is 0 Å². The van der Waals surface area contributed by atoms with E-state index in [2.05, 4.69) is 92.6 Å². The summed E-state index contributed by atoms with van der Waals surface area (Å²) in [6.07, 6.45) is 6.53. The predicted molar refractivity (Wildman–Crippen MR) is 91.4 cm³/mol. The van der Waals surface area contributed by atoms with E-state index < -0.39 is 0 Å². The average Bonchev–Trinajstić information content (AvgIpc) is 2.70. The summed E-state index contributed by atoms with van der Waals surface area (Å²) < 4.78 is 0. The number of allylic oxidation sites excluding steroid dienone is 3. The number of benzene rings is 2. The van der Waals surface area contributed by atoms with Gasteiger partial charge in [-0.1, -0.05) is 74.5 Å². The molecule has 2 aromatic rings. The number of fused-ring (bicyclic) bond motifs is 1. The second-order valence-electron chi connectivity index (χ2n) is 6.02. The lowest BCUT2D eigenvalue weighted by Gasteiger charge is -2.23. The molecule has 0 bridgehead atoms.